The molecule has 0 saturated heterocycles. The quantitative estimate of drug-likeness (QED) is 0.668. The van der Waals surface area contributed by atoms with Gasteiger partial charge < -0.3 is 11.5 Å². The van der Waals surface area contributed by atoms with E-state index in [1.807, 2.05) is 24.3 Å². The third-order valence-electron chi connectivity index (χ3n) is 2.92. The molecule has 2 aromatic heterocycles. The summed E-state index contributed by atoms with van der Waals surface area (Å²) in [6, 6.07) is 7.37. The molecular weight excluding hydrogens is 242 g/mol. The number of nitrogens with zero attached hydrogens (tertiary/aromatic N) is 3. The molecule has 0 aliphatic rings. The third kappa shape index (κ3) is 1.79. The van der Waals surface area contributed by atoms with Crippen molar-refractivity contribution in [3.63, 3.8) is 0 Å². The molecule has 1 aromatic carbocycles. The summed E-state index contributed by atoms with van der Waals surface area (Å²) in [5.74, 6) is -0.521. The second kappa shape index (κ2) is 4.09. The fraction of sp³-hybridized carbons (Fsp3) is 0. The average molecular weight is 253 g/mol. The highest BCUT2D eigenvalue weighted by molar-refractivity contribution is 5.95. The number of amides is 1. The van der Waals surface area contributed by atoms with Crippen LogP contribution < -0.4 is 11.5 Å². The molecule has 94 valence electrons. The van der Waals surface area contributed by atoms with Crippen molar-refractivity contribution >= 4 is 22.5 Å². The van der Waals surface area contributed by atoms with Crippen LogP contribution in [-0.4, -0.2) is 20.7 Å². The summed E-state index contributed by atoms with van der Waals surface area (Å²) in [5, 5.41) is 4.93. The number of fused-ring (bicyclic) bond motifs is 1. The fourth-order valence-electron chi connectivity index (χ4n) is 1.95. The Morgan fingerprint density at radius 1 is 1.26 bits per heavy atom. The Labute approximate surface area is 108 Å². The summed E-state index contributed by atoms with van der Waals surface area (Å²) in [6.07, 6.45) is 4.67. The minimum atomic E-state index is -0.521. The molecule has 0 saturated carbocycles. The Bertz CT molecular complexity index is 778. The Morgan fingerprint density at radius 2 is 2.11 bits per heavy atom. The summed E-state index contributed by atoms with van der Waals surface area (Å²) < 4.78 is 1.53. The number of hydrogen-bond donors (Lipinski definition) is 2. The highest BCUT2D eigenvalue weighted by atomic mass is 16.1. The minimum absolute atomic E-state index is 0.339. The normalized spacial score (nSPS) is 10.7. The summed E-state index contributed by atoms with van der Waals surface area (Å²) in [4.78, 5) is 15.3. The van der Waals surface area contributed by atoms with Gasteiger partial charge in [-0.15, -0.1) is 0 Å². The van der Waals surface area contributed by atoms with Crippen molar-refractivity contribution in [1.82, 2.24) is 14.8 Å². The molecule has 0 spiro atoms. The first kappa shape index (κ1) is 11.2. The molecule has 0 atom stereocenters. The summed E-state index contributed by atoms with van der Waals surface area (Å²) in [6.45, 7) is 0. The zero-order valence-electron chi connectivity index (χ0n) is 9.95. The van der Waals surface area contributed by atoms with Crippen molar-refractivity contribution < 1.29 is 4.79 Å². The molecule has 1 amide bonds. The molecule has 6 heteroatoms. The maximum absolute atomic E-state index is 11.1. The zero-order valence-corrected chi connectivity index (χ0v) is 9.95. The molecular formula is C13H11N5O. The van der Waals surface area contributed by atoms with Gasteiger partial charge in [0.15, 0.2) is 0 Å². The van der Waals surface area contributed by atoms with Crippen LogP contribution in [0.15, 0.2) is 42.9 Å². The van der Waals surface area contributed by atoms with Crippen molar-refractivity contribution in [2.75, 3.05) is 5.73 Å². The van der Waals surface area contributed by atoms with Gasteiger partial charge in [-0.3, -0.25) is 9.78 Å². The number of aromatic nitrogens is 3. The monoisotopic (exact) mass is 253 g/mol. The van der Waals surface area contributed by atoms with Gasteiger partial charge in [0.1, 0.15) is 0 Å². The van der Waals surface area contributed by atoms with Crippen LogP contribution >= 0.6 is 0 Å². The molecule has 0 radical (unpaired) electrons. The van der Waals surface area contributed by atoms with Gasteiger partial charge in [0.2, 0.25) is 0 Å². The average Bonchev–Trinajstić information content (AvgIpc) is 2.89. The van der Waals surface area contributed by atoms with Gasteiger partial charge in [-0.25, -0.2) is 4.68 Å². The summed E-state index contributed by atoms with van der Waals surface area (Å²) >= 11 is 0. The number of anilines is 1. The Balaban J connectivity index is 2.19. The largest absolute Gasteiger partial charge is 0.396 e. The number of rotatable bonds is 2. The van der Waals surface area contributed by atoms with E-state index < -0.39 is 5.91 Å². The molecule has 0 aliphatic carbocycles. The van der Waals surface area contributed by atoms with E-state index in [0.717, 1.165) is 10.9 Å². The van der Waals surface area contributed by atoms with Crippen LogP contribution in [0.5, 0.6) is 0 Å². The molecule has 0 aliphatic heterocycles. The lowest BCUT2D eigenvalue weighted by Gasteiger charge is -2.08. The standard InChI is InChI=1S/C13H11N5O/c14-12-9-2-1-5-16-10(9)3-4-11(12)18-7-8(6-17-18)13(15)19/h1-7H,14H2,(H2,15,19). The Kier molecular flexibility index (Phi) is 2.42. The summed E-state index contributed by atoms with van der Waals surface area (Å²) in [7, 11) is 0. The fourth-order valence-corrected chi connectivity index (χ4v) is 1.95. The zero-order chi connectivity index (χ0) is 13.4. The number of nitrogens with two attached hydrogens (primary N) is 2. The van der Waals surface area contributed by atoms with E-state index in [1.54, 1.807) is 12.4 Å². The van der Waals surface area contributed by atoms with Crippen molar-refractivity contribution in [2.45, 2.75) is 0 Å². The lowest BCUT2D eigenvalue weighted by molar-refractivity contribution is 0.100. The Hall–Kier alpha value is -2.89. The molecule has 0 bridgehead atoms. The summed E-state index contributed by atoms with van der Waals surface area (Å²) in [5.41, 5.74) is 13.7. The number of carbonyl (C=O) groups is 1. The van der Waals surface area contributed by atoms with E-state index in [-0.39, 0.29) is 0 Å². The van der Waals surface area contributed by atoms with Gasteiger partial charge in [0, 0.05) is 17.8 Å². The smallest absolute Gasteiger partial charge is 0.251 e. The van der Waals surface area contributed by atoms with Crippen LogP contribution in [0.3, 0.4) is 0 Å². The molecule has 3 rings (SSSR count). The van der Waals surface area contributed by atoms with Gasteiger partial charge in [-0.05, 0) is 24.3 Å². The van der Waals surface area contributed by atoms with Crippen LogP contribution in [0.1, 0.15) is 10.4 Å². The second-order valence-corrected chi connectivity index (χ2v) is 4.11. The number of pyridine rings is 1. The first-order chi connectivity index (χ1) is 9.16. The van der Waals surface area contributed by atoms with Gasteiger partial charge in [0.05, 0.1) is 28.7 Å². The van der Waals surface area contributed by atoms with E-state index in [4.69, 9.17) is 11.5 Å². The van der Waals surface area contributed by atoms with Crippen molar-refractivity contribution in [1.29, 1.82) is 0 Å². The number of nitrogen functional groups attached to an aromatic ring is 1. The SMILES string of the molecule is NC(=O)c1cnn(-c2ccc3ncccc3c2N)c1. The van der Waals surface area contributed by atoms with Gasteiger partial charge in [-0.1, -0.05) is 0 Å². The van der Waals surface area contributed by atoms with Gasteiger partial charge in [-0.2, -0.15) is 5.10 Å². The van der Waals surface area contributed by atoms with Gasteiger partial charge in [0.25, 0.3) is 5.91 Å². The molecule has 3 aromatic rings. The maximum Gasteiger partial charge on any atom is 0.251 e. The molecule has 19 heavy (non-hydrogen) atoms. The van der Waals surface area contributed by atoms with E-state index in [9.17, 15) is 4.79 Å². The van der Waals surface area contributed by atoms with Crippen molar-refractivity contribution in [3.8, 4) is 5.69 Å². The van der Waals surface area contributed by atoms with Crippen LogP contribution in [-0.2, 0) is 0 Å². The minimum Gasteiger partial charge on any atom is -0.396 e. The number of primary amides is 1. The second-order valence-electron chi connectivity index (χ2n) is 4.11. The molecule has 6 nitrogen and oxygen atoms in total. The lowest BCUT2D eigenvalue weighted by atomic mass is 10.1. The van der Waals surface area contributed by atoms with Crippen LogP contribution in [0.4, 0.5) is 5.69 Å². The highest BCUT2D eigenvalue weighted by Gasteiger charge is 2.10. The van der Waals surface area contributed by atoms with E-state index in [2.05, 4.69) is 10.1 Å². The molecule has 0 fully saturated rings. The van der Waals surface area contributed by atoms with Gasteiger partial charge >= 0.3 is 0 Å². The van der Waals surface area contributed by atoms with Crippen LogP contribution in [0.25, 0.3) is 16.6 Å². The maximum atomic E-state index is 11.1. The number of benzene rings is 1. The molecule has 4 N–H and O–H groups in total. The molecule has 2 heterocycles. The predicted octanol–water partition coefficient (Wildman–Crippen LogP) is 1.10. The van der Waals surface area contributed by atoms with E-state index >= 15 is 0 Å². The number of carbonyl (C=O) groups excluding carboxylic acids is 1. The Morgan fingerprint density at radius 3 is 2.84 bits per heavy atom. The topological polar surface area (TPSA) is 99.8 Å². The first-order valence-corrected chi connectivity index (χ1v) is 5.65. The van der Waals surface area contributed by atoms with E-state index in [1.165, 1.54) is 10.9 Å². The van der Waals surface area contributed by atoms with Crippen molar-refractivity contribution in [3.05, 3.63) is 48.4 Å². The third-order valence-corrected chi connectivity index (χ3v) is 2.92. The predicted molar refractivity (Wildman–Crippen MR) is 71.8 cm³/mol. The lowest BCUT2D eigenvalue weighted by Crippen LogP contribution is -2.09. The highest BCUT2D eigenvalue weighted by Crippen LogP contribution is 2.25. The van der Waals surface area contributed by atoms with Crippen LogP contribution in [0.2, 0.25) is 0 Å². The number of hydrogen-bond acceptors (Lipinski definition) is 4. The van der Waals surface area contributed by atoms with Crippen LogP contribution in [0, 0.1) is 0 Å². The molecule has 0 unspecified atom stereocenters. The van der Waals surface area contributed by atoms with Crippen molar-refractivity contribution in [2.24, 2.45) is 5.73 Å². The first-order valence-electron chi connectivity index (χ1n) is 5.65. The van der Waals surface area contributed by atoms with E-state index in [0.29, 0.717) is 16.9 Å².